The van der Waals surface area contributed by atoms with Crippen molar-refractivity contribution < 1.29 is 9.53 Å². The van der Waals surface area contributed by atoms with Gasteiger partial charge in [0.25, 0.3) is 0 Å². The lowest BCUT2D eigenvalue weighted by Gasteiger charge is -2.34. The maximum Gasteiger partial charge on any atom is 0.234 e. The quantitative estimate of drug-likeness (QED) is 0.548. The number of anilines is 1. The summed E-state index contributed by atoms with van der Waals surface area (Å²) < 4.78 is 5.12. The zero-order valence-corrected chi connectivity index (χ0v) is 15.9. The van der Waals surface area contributed by atoms with Gasteiger partial charge in [0.1, 0.15) is 0 Å². The smallest absolute Gasteiger partial charge is 0.234 e. The van der Waals surface area contributed by atoms with Gasteiger partial charge in [-0.25, -0.2) is 0 Å². The van der Waals surface area contributed by atoms with Crippen molar-refractivity contribution >= 4 is 11.6 Å². The molecule has 28 heavy (non-hydrogen) atoms. The maximum absolute atomic E-state index is 11.7. The molecule has 5 N–H and O–H groups in total. The first-order chi connectivity index (χ1) is 13.5. The van der Waals surface area contributed by atoms with Crippen LogP contribution in [0.25, 0.3) is 0 Å². The molecule has 0 spiro atoms. The molecule has 8 nitrogen and oxygen atoms in total. The maximum atomic E-state index is 11.7. The van der Waals surface area contributed by atoms with Crippen molar-refractivity contribution in [1.82, 2.24) is 16.3 Å². The molecule has 1 aromatic carbocycles. The molecule has 4 rings (SSSR count). The molecule has 8 heteroatoms. The lowest BCUT2D eigenvalue weighted by molar-refractivity contribution is -0.121. The number of hydrogen-bond donors (Lipinski definition) is 4. The first-order valence-corrected chi connectivity index (χ1v) is 9.61. The molecule has 3 aliphatic rings. The SMILES string of the molecule is COCC1=CN(c2ccc(C[C@H](C#N)C34CCC(C3)C(C(N)=O)N4)cc2)NN1. The van der Waals surface area contributed by atoms with Crippen LogP contribution in [0.1, 0.15) is 24.8 Å². The fourth-order valence-corrected chi connectivity index (χ4v) is 4.79. The van der Waals surface area contributed by atoms with E-state index in [1.807, 2.05) is 35.5 Å². The van der Waals surface area contributed by atoms with E-state index in [2.05, 4.69) is 22.3 Å². The van der Waals surface area contributed by atoms with Crippen molar-refractivity contribution in [3.8, 4) is 6.07 Å². The fraction of sp³-hybridized carbons (Fsp3) is 0.500. The molecule has 3 unspecified atom stereocenters. The number of methoxy groups -OCH3 is 1. The largest absolute Gasteiger partial charge is 0.378 e. The Morgan fingerprint density at radius 1 is 1.46 bits per heavy atom. The summed E-state index contributed by atoms with van der Waals surface area (Å²) in [6.45, 7) is 0.508. The molecule has 1 aromatic rings. The molecule has 1 saturated heterocycles. The molecule has 1 saturated carbocycles. The number of carbonyl (C=O) groups excluding carboxylic acids is 1. The Bertz CT molecular complexity index is 817. The first-order valence-electron chi connectivity index (χ1n) is 9.61. The van der Waals surface area contributed by atoms with Gasteiger partial charge in [0, 0.05) is 18.8 Å². The Balaban J connectivity index is 1.44. The minimum absolute atomic E-state index is 0.188. The number of nitrogens with zero attached hydrogens (tertiary/aromatic N) is 2. The van der Waals surface area contributed by atoms with Crippen LogP contribution in [0.2, 0.25) is 0 Å². The molecule has 148 valence electrons. The highest BCUT2D eigenvalue weighted by Gasteiger charge is 2.55. The number of fused-ring (bicyclic) bond motifs is 2. The number of ether oxygens (including phenoxy) is 1. The predicted octanol–water partition coefficient (Wildman–Crippen LogP) is 0.682. The molecular weight excluding hydrogens is 356 g/mol. The zero-order chi connectivity index (χ0) is 19.7. The Kier molecular flexibility index (Phi) is 4.98. The lowest BCUT2D eigenvalue weighted by atomic mass is 9.80. The average Bonchev–Trinajstić information content (AvgIpc) is 3.42. The second kappa shape index (κ2) is 7.43. The number of carbonyl (C=O) groups is 1. The lowest BCUT2D eigenvalue weighted by Crippen LogP contribution is -2.54. The summed E-state index contributed by atoms with van der Waals surface area (Å²) in [5, 5.41) is 15.1. The van der Waals surface area contributed by atoms with Gasteiger partial charge in [-0.1, -0.05) is 12.1 Å². The van der Waals surface area contributed by atoms with E-state index in [1.165, 1.54) is 0 Å². The molecule has 1 amide bonds. The third-order valence-electron chi connectivity index (χ3n) is 6.21. The predicted molar refractivity (Wildman–Crippen MR) is 104 cm³/mol. The monoisotopic (exact) mass is 382 g/mol. The van der Waals surface area contributed by atoms with Crippen LogP contribution in [0.15, 0.2) is 36.2 Å². The highest BCUT2D eigenvalue weighted by molar-refractivity contribution is 5.81. The number of rotatable bonds is 7. The molecule has 1 aliphatic carbocycles. The number of nitriles is 1. The van der Waals surface area contributed by atoms with Crippen molar-refractivity contribution in [2.75, 3.05) is 18.7 Å². The van der Waals surface area contributed by atoms with Gasteiger partial charge in [-0.05, 0) is 49.3 Å². The van der Waals surface area contributed by atoms with Gasteiger partial charge in [-0.2, -0.15) is 5.26 Å². The van der Waals surface area contributed by atoms with Gasteiger partial charge in [0.05, 0.1) is 36.0 Å². The number of benzene rings is 1. The third-order valence-corrected chi connectivity index (χ3v) is 6.21. The van der Waals surface area contributed by atoms with Crippen molar-refractivity contribution in [3.05, 3.63) is 41.7 Å². The number of piperidine rings is 1. The fourth-order valence-electron chi connectivity index (χ4n) is 4.79. The summed E-state index contributed by atoms with van der Waals surface area (Å²) in [5.74, 6) is -0.231. The Morgan fingerprint density at radius 2 is 2.25 bits per heavy atom. The van der Waals surface area contributed by atoms with Crippen LogP contribution in [-0.2, 0) is 16.0 Å². The third kappa shape index (κ3) is 3.33. The molecule has 2 aliphatic heterocycles. The van der Waals surface area contributed by atoms with Crippen LogP contribution in [0.4, 0.5) is 5.69 Å². The molecule has 0 aromatic heterocycles. The molecule has 2 bridgehead atoms. The Hall–Kier alpha value is -2.60. The standard InChI is InChI=1S/C20H26N6O2/c1-28-12-16-11-26(25-24-16)17-4-2-13(3-5-17)8-15(10-21)20-7-6-14(9-20)18(23-20)19(22)27/h2-5,11,14-15,18,23-25H,6-9,12H2,1H3,(H2,22,27)/t14?,15-,18?,20?/m1/s1. The van der Waals surface area contributed by atoms with Gasteiger partial charge in [0.15, 0.2) is 0 Å². The van der Waals surface area contributed by atoms with Crippen LogP contribution in [0.3, 0.4) is 0 Å². The molecule has 0 radical (unpaired) electrons. The van der Waals surface area contributed by atoms with Gasteiger partial charge in [-0.3, -0.25) is 15.1 Å². The van der Waals surface area contributed by atoms with Crippen molar-refractivity contribution in [3.63, 3.8) is 0 Å². The Labute approximate surface area is 164 Å². The van der Waals surface area contributed by atoms with E-state index in [0.29, 0.717) is 13.0 Å². The van der Waals surface area contributed by atoms with E-state index < -0.39 is 0 Å². The summed E-state index contributed by atoms with van der Waals surface area (Å²) in [4.78, 5) is 11.7. The van der Waals surface area contributed by atoms with Crippen LogP contribution >= 0.6 is 0 Å². The highest BCUT2D eigenvalue weighted by Crippen LogP contribution is 2.48. The molecule has 2 heterocycles. The van der Waals surface area contributed by atoms with E-state index in [9.17, 15) is 10.1 Å². The normalized spacial score (nSPS) is 29.3. The van der Waals surface area contributed by atoms with Crippen LogP contribution in [0, 0.1) is 23.2 Å². The van der Waals surface area contributed by atoms with Crippen LogP contribution in [0.5, 0.6) is 0 Å². The summed E-state index contributed by atoms with van der Waals surface area (Å²) in [6, 6.07) is 10.3. The Morgan fingerprint density at radius 3 is 2.89 bits per heavy atom. The van der Waals surface area contributed by atoms with Crippen LogP contribution in [-0.4, -0.2) is 31.2 Å². The minimum Gasteiger partial charge on any atom is -0.378 e. The summed E-state index contributed by atoms with van der Waals surface area (Å²) >= 11 is 0. The minimum atomic E-state index is -0.305. The summed E-state index contributed by atoms with van der Waals surface area (Å²) in [5.41, 5.74) is 14.4. The van der Waals surface area contributed by atoms with Crippen molar-refractivity contribution in [2.24, 2.45) is 17.6 Å². The van der Waals surface area contributed by atoms with E-state index in [1.54, 1.807) is 7.11 Å². The first kappa shape index (κ1) is 18.7. The van der Waals surface area contributed by atoms with E-state index >= 15 is 0 Å². The number of nitrogens with one attached hydrogen (secondary N) is 3. The zero-order valence-electron chi connectivity index (χ0n) is 15.9. The number of amides is 1. The number of nitrogens with two attached hydrogens (primary N) is 1. The summed E-state index contributed by atoms with van der Waals surface area (Å²) in [6.07, 6.45) is 5.34. The molecule has 2 fully saturated rings. The molecular formula is C20H26N6O2. The van der Waals surface area contributed by atoms with Crippen molar-refractivity contribution in [2.45, 2.75) is 37.3 Å². The average molecular weight is 382 g/mol. The number of hydrogen-bond acceptors (Lipinski definition) is 7. The van der Waals surface area contributed by atoms with E-state index in [0.717, 1.165) is 36.2 Å². The van der Waals surface area contributed by atoms with E-state index in [-0.39, 0.29) is 29.3 Å². The number of primary amides is 1. The van der Waals surface area contributed by atoms with Gasteiger partial charge in [-0.15, -0.1) is 5.53 Å². The van der Waals surface area contributed by atoms with Gasteiger partial charge < -0.3 is 15.9 Å². The van der Waals surface area contributed by atoms with Crippen LogP contribution < -0.4 is 27.0 Å². The summed E-state index contributed by atoms with van der Waals surface area (Å²) in [7, 11) is 1.66. The number of hydrazine groups is 2. The molecule has 4 atom stereocenters. The van der Waals surface area contributed by atoms with Gasteiger partial charge in [0.2, 0.25) is 5.91 Å². The highest BCUT2D eigenvalue weighted by atomic mass is 16.5. The van der Waals surface area contributed by atoms with Crippen molar-refractivity contribution in [1.29, 1.82) is 5.26 Å². The topological polar surface area (TPSA) is 115 Å². The second-order valence-electron chi connectivity index (χ2n) is 7.93. The van der Waals surface area contributed by atoms with Gasteiger partial charge >= 0.3 is 0 Å². The second-order valence-corrected chi connectivity index (χ2v) is 7.93. The van der Waals surface area contributed by atoms with E-state index in [4.69, 9.17) is 10.5 Å².